The van der Waals surface area contributed by atoms with Gasteiger partial charge in [-0.15, -0.1) is 0 Å². The zero-order chi connectivity index (χ0) is 12.8. The Balaban J connectivity index is 2.39. The molecule has 0 aliphatic carbocycles. The van der Waals surface area contributed by atoms with Crippen LogP contribution in [0.5, 0.6) is 0 Å². The van der Waals surface area contributed by atoms with Gasteiger partial charge in [-0.05, 0) is 11.1 Å². The predicted octanol–water partition coefficient (Wildman–Crippen LogP) is 3.60. The van der Waals surface area contributed by atoms with Gasteiger partial charge in [-0.3, -0.25) is 0 Å². The number of hydrogen-bond acceptors (Lipinski definition) is 2. The molecule has 0 spiro atoms. The van der Waals surface area contributed by atoms with E-state index < -0.39 is 11.8 Å². The monoisotopic (exact) mass is 232 g/mol. The smallest absolute Gasteiger partial charge is 0.0911 e. The molecule has 2 aromatic rings. The molecular weight excluding hydrogens is 220 g/mol. The Morgan fingerprint density at radius 1 is 0.611 bits per heavy atom. The Morgan fingerprint density at radius 2 is 0.944 bits per heavy atom. The van der Waals surface area contributed by atoms with Gasteiger partial charge in [0.1, 0.15) is 0 Å². The third-order valence-corrected chi connectivity index (χ3v) is 2.93. The molecule has 86 valence electrons. The quantitative estimate of drug-likeness (QED) is 0.811. The first kappa shape index (κ1) is 11.9. The minimum atomic E-state index is -0.432. The molecule has 2 aromatic carbocycles. The lowest BCUT2D eigenvalue weighted by molar-refractivity contribution is 0.761. The second-order valence-electron chi connectivity index (χ2n) is 4.03. The summed E-state index contributed by atoms with van der Waals surface area (Å²) in [6.45, 7) is 0. The molecule has 0 bridgehead atoms. The van der Waals surface area contributed by atoms with Crippen molar-refractivity contribution in [3.05, 3.63) is 71.8 Å². The number of benzene rings is 2. The minimum absolute atomic E-state index is 0.432. The molecule has 0 aliphatic rings. The molecule has 0 aromatic heterocycles. The van der Waals surface area contributed by atoms with E-state index in [0.717, 1.165) is 11.1 Å². The van der Waals surface area contributed by atoms with E-state index in [-0.39, 0.29) is 0 Å². The van der Waals surface area contributed by atoms with Crippen molar-refractivity contribution in [2.24, 2.45) is 0 Å². The summed E-state index contributed by atoms with van der Waals surface area (Å²) < 4.78 is 0. The summed E-state index contributed by atoms with van der Waals surface area (Å²) in [5.41, 5.74) is 1.77. The first-order valence-corrected chi connectivity index (χ1v) is 5.76. The predicted molar refractivity (Wildman–Crippen MR) is 69.6 cm³/mol. The van der Waals surface area contributed by atoms with Crippen molar-refractivity contribution in [1.82, 2.24) is 0 Å². The molecule has 0 radical (unpaired) electrons. The Kier molecular flexibility index (Phi) is 3.74. The van der Waals surface area contributed by atoms with Gasteiger partial charge in [-0.25, -0.2) is 0 Å². The van der Waals surface area contributed by atoms with E-state index in [4.69, 9.17) is 0 Å². The Labute approximate surface area is 107 Å². The van der Waals surface area contributed by atoms with Crippen molar-refractivity contribution >= 4 is 0 Å². The molecule has 0 N–H and O–H groups in total. The van der Waals surface area contributed by atoms with Crippen LogP contribution in [0.1, 0.15) is 23.0 Å². The van der Waals surface area contributed by atoms with Crippen molar-refractivity contribution < 1.29 is 0 Å². The summed E-state index contributed by atoms with van der Waals surface area (Å²) >= 11 is 0. The van der Waals surface area contributed by atoms with E-state index >= 15 is 0 Å². The van der Waals surface area contributed by atoms with Crippen molar-refractivity contribution in [3.63, 3.8) is 0 Å². The molecule has 2 atom stereocenters. The van der Waals surface area contributed by atoms with Crippen LogP contribution in [0.2, 0.25) is 0 Å². The third-order valence-electron chi connectivity index (χ3n) is 2.93. The largest absolute Gasteiger partial charge is 0.198 e. The van der Waals surface area contributed by atoms with Crippen molar-refractivity contribution in [2.75, 3.05) is 0 Å². The van der Waals surface area contributed by atoms with Gasteiger partial charge in [0.05, 0.1) is 24.0 Å². The van der Waals surface area contributed by atoms with Crippen molar-refractivity contribution in [1.29, 1.82) is 10.5 Å². The highest BCUT2D eigenvalue weighted by atomic mass is 14.4. The maximum absolute atomic E-state index is 9.34. The Hall–Kier alpha value is -2.58. The second-order valence-corrected chi connectivity index (χ2v) is 4.03. The van der Waals surface area contributed by atoms with Crippen LogP contribution in [0.3, 0.4) is 0 Å². The van der Waals surface area contributed by atoms with Crippen LogP contribution < -0.4 is 0 Å². The molecule has 0 saturated carbocycles. The number of hydrogen-bond donors (Lipinski definition) is 0. The fourth-order valence-corrected chi connectivity index (χ4v) is 2.00. The maximum atomic E-state index is 9.34. The number of rotatable bonds is 3. The molecule has 2 nitrogen and oxygen atoms in total. The summed E-state index contributed by atoms with van der Waals surface area (Å²) in [4.78, 5) is 0. The standard InChI is InChI=1S/C16H12N2/c17-11-15(13-7-3-1-4-8-13)16(12-18)14-9-5-2-6-10-14/h1-10,15-16H/t15-,16-/m0/s1. The van der Waals surface area contributed by atoms with Crippen molar-refractivity contribution in [2.45, 2.75) is 11.8 Å². The Morgan fingerprint density at radius 3 is 1.22 bits per heavy atom. The number of nitrogens with zero attached hydrogens (tertiary/aromatic N) is 2. The van der Waals surface area contributed by atoms with Gasteiger partial charge in [0.15, 0.2) is 0 Å². The molecular formula is C16H12N2. The first-order chi connectivity index (χ1) is 8.86. The lowest BCUT2D eigenvalue weighted by atomic mass is 9.83. The summed E-state index contributed by atoms with van der Waals surface area (Å²) in [5.74, 6) is -0.864. The van der Waals surface area contributed by atoms with Crippen molar-refractivity contribution in [3.8, 4) is 12.1 Å². The highest BCUT2D eigenvalue weighted by Crippen LogP contribution is 2.31. The maximum Gasteiger partial charge on any atom is 0.0911 e. The van der Waals surface area contributed by atoms with Gasteiger partial charge in [0, 0.05) is 0 Å². The van der Waals surface area contributed by atoms with Crippen LogP contribution in [0.4, 0.5) is 0 Å². The van der Waals surface area contributed by atoms with E-state index in [9.17, 15) is 10.5 Å². The molecule has 0 fully saturated rings. The zero-order valence-electron chi connectivity index (χ0n) is 9.82. The highest BCUT2D eigenvalue weighted by molar-refractivity contribution is 5.36. The van der Waals surface area contributed by atoms with E-state index in [0.29, 0.717) is 0 Å². The summed E-state index contributed by atoms with van der Waals surface area (Å²) in [6, 6.07) is 23.4. The van der Waals surface area contributed by atoms with Crippen LogP contribution >= 0.6 is 0 Å². The summed E-state index contributed by atoms with van der Waals surface area (Å²) in [7, 11) is 0. The van der Waals surface area contributed by atoms with Crippen LogP contribution in [-0.4, -0.2) is 0 Å². The van der Waals surface area contributed by atoms with Crippen LogP contribution in [0.15, 0.2) is 60.7 Å². The lowest BCUT2D eigenvalue weighted by Gasteiger charge is -2.15. The molecule has 18 heavy (non-hydrogen) atoms. The molecule has 0 saturated heterocycles. The molecule has 0 unspecified atom stereocenters. The average Bonchev–Trinajstić information content (AvgIpc) is 2.46. The normalized spacial score (nSPS) is 13.0. The van der Waals surface area contributed by atoms with E-state index in [1.54, 1.807) is 0 Å². The number of nitriles is 2. The SMILES string of the molecule is N#C[C@@H](c1ccccc1)[C@@H](C#N)c1ccccc1. The van der Waals surface area contributed by atoms with Gasteiger partial charge in [0.2, 0.25) is 0 Å². The molecule has 2 rings (SSSR count). The second kappa shape index (κ2) is 5.66. The van der Waals surface area contributed by atoms with Gasteiger partial charge >= 0.3 is 0 Å². The van der Waals surface area contributed by atoms with Crippen LogP contribution in [-0.2, 0) is 0 Å². The van der Waals surface area contributed by atoms with E-state index in [1.807, 2.05) is 60.7 Å². The fraction of sp³-hybridized carbons (Fsp3) is 0.125. The van der Waals surface area contributed by atoms with Gasteiger partial charge < -0.3 is 0 Å². The molecule has 0 amide bonds. The van der Waals surface area contributed by atoms with E-state index in [1.165, 1.54) is 0 Å². The minimum Gasteiger partial charge on any atom is -0.198 e. The van der Waals surface area contributed by atoms with Gasteiger partial charge in [0.25, 0.3) is 0 Å². The topological polar surface area (TPSA) is 47.6 Å². The first-order valence-electron chi connectivity index (χ1n) is 5.76. The van der Waals surface area contributed by atoms with E-state index in [2.05, 4.69) is 12.1 Å². The fourth-order valence-electron chi connectivity index (χ4n) is 2.00. The molecule has 0 aliphatic heterocycles. The summed E-state index contributed by atoms with van der Waals surface area (Å²) in [5, 5.41) is 18.7. The Bertz CT molecular complexity index is 520. The van der Waals surface area contributed by atoms with Crippen LogP contribution in [0, 0.1) is 22.7 Å². The van der Waals surface area contributed by atoms with Gasteiger partial charge in [-0.1, -0.05) is 60.7 Å². The molecule has 0 heterocycles. The molecule has 2 heteroatoms. The third kappa shape index (κ3) is 2.39. The highest BCUT2D eigenvalue weighted by Gasteiger charge is 2.24. The van der Waals surface area contributed by atoms with Gasteiger partial charge in [-0.2, -0.15) is 10.5 Å². The average molecular weight is 232 g/mol. The summed E-state index contributed by atoms with van der Waals surface area (Å²) in [6.07, 6.45) is 0. The van der Waals surface area contributed by atoms with Crippen LogP contribution in [0.25, 0.3) is 0 Å². The zero-order valence-corrected chi connectivity index (χ0v) is 9.82. The lowest BCUT2D eigenvalue weighted by Crippen LogP contribution is -2.08.